The van der Waals surface area contributed by atoms with Crippen LogP contribution in [0.15, 0.2) is 34.6 Å². The Morgan fingerprint density at radius 1 is 1.11 bits per heavy atom. The Bertz CT molecular complexity index is 707. The highest BCUT2D eigenvalue weighted by Gasteiger charge is 2.14. The van der Waals surface area contributed by atoms with Crippen molar-refractivity contribution in [3.63, 3.8) is 0 Å². The van der Waals surface area contributed by atoms with Crippen LogP contribution in [0.3, 0.4) is 0 Å². The van der Waals surface area contributed by atoms with Crippen molar-refractivity contribution in [3.05, 3.63) is 40.1 Å². The average molecular weight is 392 g/mol. The van der Waals surface area contributed by atoms with Gasteiger partial charge in [-0.15, -0.1) is 11.3 Å². The zero-order valence-electron chi connectivity index (χ0n) is 16.7. The smallest absolute Gasteiger partial charge is 0.191 e. The lowest BCUT2D eigenvalue weighted by Crippen LogP contribution is -2.39. The van der Waals surface area contributed by atoms with Gasteiger partial charge in [0.25, 0.3) is 0 Å². The maximum atomic E-state index is 5.50. The number of rotatable bonds is 9. The predicted molar refractivity (Wildman–Crippen MR) is 112 cm³/mol. The minimum atomic E-state index is 0.416. The molecule has 0 aliphatic carbocycles. The topological polar surface area (TPSA) is 64.1 Å². The van der Waals surface area contributed by atoms with Gasteiger partial charge in [-0.2, -0.15) is 0 Å². The minimum Gasteiger partial charge on any atom is -0.496 e. The lowest BCUT2D eigenvalue weighted by Gasteiger charge is -2.16. The molecule has 0 spiro atoms. The molecule has 0 aliphatic heterocycles. The largest absolute Gasteiger partial charge is 0.496 e. The summed E-state index contributed by atoms with van der Waals surface area (Å²) >= 11 is 1.77. The number of hydrogen-bond donors (Lipinski definition) is 2. The van der Waals surface area contributed by atoms with Crippen LogP contribution in [0.25, 0.3) is 0 Å². The molecule has 1 heterocycles. The van der Waals surface area contributed by atoms with E-state index < -0.39 is 0 Å². The molecule has 1 unspecified atom stereocenters. The molecular formula is C20H29N3O3S. The molecule has 148 valence electrons. The van der Waals surface area contributed by atoms with E-state index in [-0.39, 0.29) is 0 Å². The second-order valence-corrected chi connectivity index (χ2v) is 6.98. The van der Waals surface area contributed by atoms with Crippen molar-refractivity contribution >= 4 is 17.3 Å². The molecule has 2 N–H and O–H groups in total. The number of methoxy groups -OCH3 is 3. The minimum absolute atomic E-state index is 0.416. The van der Waals surface area contributed by atoms with E-state index in [2.05, 4.69) is 42.0 Å². The van der Waals surface area contributed by atoms with Crippen LogP contribution in [0, 0.1) is 0 Å². The first-order chi connectivity index (χ1) is 13.1. The maximum Gasteiger partial charge on any atom is 0.191 e. The van der Waals surface area contributed by atoms with Gasteiger partial charge in [0.05, 0.1) is 33.4 Å². The zero-order valence-corrected chi connectivity index (χ0v) is 17.5. The number of guanidine groups is 1. The number of nitrogens with zero attached hydrogens (tertiary/aromatic N) is 1. The van der Waals surface area contributed by atoms with Crippen LogP contribution in [-0.4, -0.2) is 40.4 Å². The third-order valence-corrected chi connectivity index (χ3v) is 5.27. The number of hydrogen-bond acceptors (Lipinski definition) is 5. The highest BCUT2D eigenvalue weighted by atomic mass is 32.1. The van der Waals surface area contributed by atoms with Crippen molar-refractivity contribution < 1.29 is 14.2 Å². The van der Waals surface area contributed by atoms with Gasteiger partial charge in [-0.3, -0.25) is 0 Å². The molecule has 2 rings (SSSR count). The summed E-state index contributed by atoms with van der Waals surface area (Å²) in [6.45, 7) is 6.28. The van der Waals surface area contributed by atoms with Crippen molar-refractivity contribution in [1.29, 1.82) is 0 Å². The summed E-state index contributed by atoms with van der Waals surface area (Å²) in [6, 6.07) is 7.92. The highest BCUT2D eigenvalue weighted by molar-refractivity contribution is 7.10. The summed E-state index contributed by atoms with van der Waals surface area (Å²) < 4.78 is 16.3. The standard InChI is InChI=1S/C20H29N3O3S/c1-6-21-20(22-12-14(2)19-8-7-9-27-19)23-13-16-17(25-4)10-15(24-3)11-18(16)26-5/h7-11,14H,6,12-13H2,1-5H3,(H2,21,22,23). The first-order valence-corrected chi connectivity index (χ1v) is 9.85. The van der Waals surface area contributed by atoms with Gasteiger partial charge in [0.15, 0.2) is 5.96 Å². The molecule has 0 saturated carbocycles. The molecule has 0 radical (unpaired) electrons. The number of nitrogens with one attached hydrogen (secondary N) is 2. The lowest BCUT2D eigenvalue weighted by molar-refractivity contribution is 0.369. The third kappa shape index (κ3) is 5.79. The van der Waals surface area contributed by atoms with Gasteiger partial charge in [0.1, 0.15) is 17.2 Å². The fourth-order valence-electron chi connectivity index (χ4n) is 2.66. The molecule has 0 fully saturated rings. The average Bonchev–Trinajstić information content (AvgIpc) is 3.24. The molecule has 6 nitrogen and oxygen atoms in total. The molecule has 2 aromatic rings. The van der Waals surface area contributed by atoms with Crippen LogP contribution in [0.1, 0.15) is 30.2 Å². The summed E-state index contributed by atoms with van der Waals surface area (Å²) in [7, 11) is 4.88. The summed E-state index contributed by atoms with van der Waals surface area (Å²) in [5, 5.41) is 8.81. The van der Waals surface area contributed by atoms with Gasteiger partial charge < -0.3 is 24.8 Å². The number of aliphatic imine (C=N–C) groups is 1. The first kappa shape index (κ1) is 20.9. The monoisotopic (exact) mass is 391 g/mol. The van der Waals surface area contributed by atoms with Crippen LogP contribution < -0.4 is 24.8 Å². The molecule has 0 bridgehead atoms. The molecule has 1 aromatic heterocycles. The second kappa shape index (κ2) is 10.7. The van der Waals surface area contributed by atoms with Crippen molar-refractivity contribution in [2.75, 3.05) is 34.4 Å². The summed E-state index contributed by atoms with van der Waals surface area (Å²) in [4.78, 5) is 6.06. The van der Waals surface area contributed by atoms with E-state index in [4.69, 9.17) is 19.2 Å². The summed E-state index contributed by atoms with van der Waals surface area (Å²) in [5.74, 6) is 3.25. The fraction of sp³-hybridized carbons (Fsp3) is 0.450. The third-order valence-electron chi connectivity index (χ3n) is 4.16. The Morgan fingerprint density at radius 2 is 1.81 bits per heavy atom. The molecular weight excluding hydrogens is 362 g/mol. The van der Waals surface area contributed by atoms with Crippen molar-refractivity contribution in [2.24, 2.45) is 4.99 Å². The molecule has 27 heavy (non-hydrogen) atoms. The van der Waals surface area contributed by atoms with Crippen molar-refractivity contribution in [1.82, 2.24) is 10.6 Å². The van der Waals surface area contributed by atoms with Crippen LogP contribution in [-0.2, 0) is 6.54 Å². The van der Waals surface area contributed by atoms with Gasteiger partial charge in [0, 0.05) is 36.0 Å². The van der Waals surface area contributed by atoms with Crippen LogP contribution in [0.2, 0.25) is 0 Å². The molecule has 0 aliphatic rings. The van der Waals surface area contributed by atoms with Crippen molar-refractivity contribution in [2.45, 2.75) is 26.3 Å². The van der Waals surface area contributed by atoms with Gasteiger partial charge in [-0.25, -0.2) is 4.99 Å². The van der Waals surface area contributed by atoms with Crippen LogP contribution >= 0.6 is 11.3 Å². The van der Waals surface area contributed by atoms with Crippen LogP contribution in [0.4, 0.5) is 0 Å². The highest BCUT2D eigenvalue weighted by Crippen LogP contribution is 2.34. The fourth-order valence-corrected chi connectivity index (χ4v) is 3.44. The van der Waals surface area contributed by atoms with E-state index in [1.54, 1.807) is 32.7 Å². The second-order valence-electron chi connectivity index (χ2n) is 6.00. The van der Waals surface area contributed by atoms with Gasteiger partial charge >= 0.3 is 0 Å². The van der Waals surface area contributed by atoms with Gasteiger partial charge in [-0.1, -0.05) is 13.0 Å². The van der Waals surface area contributed by atoms with Gasteiger partial charge in [0.2, 0.25) is 0 Å². The van der Waals surface area contributed by atoms with Gasteiger partial charge in [-0.05, 0) is 18.4 Å². The molecule has 7 heteroatoms. The van der Waals surface area contributed by atoms with E-state index in [0.29, 0.717) is 29.7 Å². The van der Waals surface area contributed by atoms with E-state index in [0.717, 1.165) is 24.6 Å². The van der Waals surface area contributed by atoms with E-state index in [9.17, 15) is 0 Å². The number of thiophene rings is 1. The normalized spacial score (nSPS) is 12.4. The first-order valence-electron chi connectivity index (χ1n) is 8.97. The maximum absolute atomic E-state index is 5.50. The quantitative estimate of drug-likeness (QED) is 0.505. The summed E-state index contributed by atoms with van der Waals surface area (Å²) in [6.07, 6.45) is 0. The van der Waals surface area contributed by atoms with E-state index >= 15 is 0 Å². The summed E-state index contributed by atoms with van der Waals surface area (Å²) in [5.41, 5.74) is 0.879. The Balaban J connectivity index is 2.13. The molecule has 1 atom stereocenters. The number of ether oxygens (including phenoxy) is 3. The lowest BCUT2D eigenvalue weighted by atomic mass is 10.1. The Labute approximate surface area is 165 Å². The van der Waals surface area contributed by atoms with E-state index in [1.165, 1.54) is 4.88 Å². The molecule has 0 amide bonds. The zero-order chi connectivity index (χ0) is 19.6. The van der Waals surface area contributed by atoms with Crippen molar-refractivity contribution in [3.8, 4) is 17.2 Å². The van der Waals surface area contributed by atoms with E-state index in [1.807, 2.05) is 12.1 Å². The number of benzene rings is 1. The predicted octanol–water partition coefficient (Wildman–Crippen LogP) is 3.63. The SMILES string of the molecule is CCNC(=NCc1c(OC)cc(OC)cc1OC)NCC(C)c1cccs1. The Morgan fingerprint density at radius 3 is 2.33 bits per heavy atom. The molecule has 1 aromatic carbocycles. The Kier molecular flexibility index (Phi) is 8.26. The Hall–Kier alpha value is -2.41. The van der Waals surface area contributed by atoms with Crippen LogP contribution in [0.5, 0.6) is 17.2 Å². The molecule has 0 saturated heterocycles.